The average molecular weight is 528 g/mol. The molecule has 0 bridgehead atoms. The highest BCUT2D eigenvalue weighted by molar-refractivity contribution is 5.90. The van der Waals surface area contributed by atoms with Crippen molar-refractivity contribution in [3.63, 3.8) is 0 Å². The molecule has 1 aliphatic rings. The lowest BCUT2D eigenvalue weighted by molar-refractivity contribution is 0.852. The van der Waals surface area contributed by atoms with Crippen LogP contribution in [0.25, 0.3) is 67.6 Å². The Labute approximate surface area is 237 Å². The Balaban J connectivity index is 1.18. The van der Waals surface area contributed by atoms with Crippen molar-refractivity contribution in [2.45, 2.75) is 6.54 Å². The van der Waals surface area contributed by atoms with Crippen LogP contribution in [0.5, 0.6) is 0 Å². The number of benzene rings is 3. The third kappa shape index (κ3) is 4.07. The standard InChI is InChI=1S/C36H25N5/c1-2-9-25-22-26(19-18-24(25)8-1)29-11-5-12-30(38-29)31-13-6-14-32(39-31)33-15-7-17-36(40-33)41-34-16-4-3-10-27(34)28-23-37-21-20-35(28)41/h1-22,37H,23H2. The van der Waals surface area contributed by atoms with Gasteiger partial charge >= 0.3 is 0 Å². The van der Waals surface area contributed by atoms with Gasteiger partial charge in [0.2, 0.25) is 0 Å². The highest BCUT2D eigenvalue weighted by atomic mass is 15.1. The van der Waals surface area contributed by atoms with Gasteiger partial charge in [0.15, 0.2) is 0 Å². The number of rotatable bonds is 4. The number of hydrogen-bond donors (Lipinski definition) is 1. The molecule has 7 aromatic rings. The zero-order valence-electron chi connectivity index (χ0n) is 22.2. The van der Waals surface area contributed by atoms with E-state index in [9.17, 15) is 0 Å². The van der Waals surface area contributed by atoms with Crippen LogP contribution in [0.15, 0.2) is 128 Å². The lowest BCUT2D eigenvalue weighted by Gasteiger charge is -2.13. The van der Waals surface area contributed by atoms with Gasteiger partial charge in [-0.25, -0.2) is 15.0 Å². The summed E-state index contributed by atoms with van der Waals surface area (Å²) in [6.07, 6.45) is 4.13. The predicted molar refractivity (Wildman–Crippen MR) is 166 cm³/mol. The predicted octanol–water partition coefficient (Wildman–Crippen LogP) is 8.04. The van der Waals surface area contributed by atoms with Crippen molar-refractivity contribution in [2.75, 3.05) is 0 Å². The molecule has 5 nitrogen and oxygen atoms in total. The van der Waals surface area contributed by atoms with Crippen molar-refractivity contribution in [2.24, 2.45) is 0 Å². The molecule has 3 aromatic carbocycles. The maximum absolute atomic E-state index is 5.10. The number of para-hydroxylation sites is 1. The normalized spacial score (nSPS) is 12.4. The third-order valence-electron chi connectivity index (χ3n) is 7.69. The highest BCUT2D eigenvalue weighted by Gasteiger charge is 2.19. The van der Waals surface area contributed by atoms with Gasteiger partial charge in [0.05, 0.1) is 39.7 Å². The summed E-state index contributed by atoms with van der Waals surface area (Å²) in [7, 11) is 0. The molecule has 0 unspecified atom stereocenters. The third-order valence-corrected chi connectivity index (χ3v) is 7.69. The maximum Gasteiger partial charge on any atom is 0.138 e. The van der Waals surface area contributed by atoms with Crippen molar-refractivity contribution in [3.8, 4) is 39.9 Å². The van der Waals surface area contributed by atoms with Crippen molar-refractivity contribution < 1.29 is 0 Å². The molecule has 8 rings (SSSR count). The zero-order chi connectivity index (χ0) is 27.2. The second kappa shape index (κ2) is 9.57. The Kier molecular flexibility index (Phi) is 5.45. The van der Waals surface area contributed by atoms with Crippen molar-refractivity contribution in [3.05, 3.63) is 139 Å². The van der Waals surface area contributed by atoms with E-state index >= 15 is 0 Å². The summed E-state index contributed by atoms with van der Waals surface area (Å²) in [6.45, 7) is 0.800. The van der Waals surface area contributed by atoms with E-state index in [1.165, 1.54) is 21.7 Å². The average Bonchev–Trinajstić information content (AvgIpc) is 3.39. The Hall–Kier alpha value is -5.55. The molecule has 5 heterocycles. The van der Waals surface area contributed by atoms with E-state index in [-0.39, 0.29) is 0 Å². The number of pyridine rings is 3. The molecule has 0 radical (unpaired) electrons. The first-order valence-electron chi connectivity index (χ1n) is 13.8. The Bertz CT molecular complexity index is 2120. The van der Waals surface area contributed by atoms with Crippen LogP contribution in [0.2, 0.25) is 0 Å². The summed E-state index contributed by atoms with van der Waals surface area (Å²) in [5.74, 6) is 0.870. The second-order valence-electron chi connectivity index (χ2n) is 10.2. The first-order valence-corrected chi connectivity index (χ1v) is 13.8. The van der Waals surface area contributed by atoms with E-state index in [2.05, 4.69) is 101 Å². The number of fused-ring (bicyclic) bond motifs is 4. The highest BCUT2D eigenvalue weighted by Crippen LogP contribution is 2.32. The summed E-state index contributed by atoms with van der Waals surface area (Å²) >= 11 is 0. The van der Waals surface area contributed by atoms with Gasteiger partial charge in [-0.3, -0.25) is 4.57 Å². The summed E-state index contributed by atoms with van der Waals surface area (Å²) < 4.78 is 2.24. The number of aromatic nitrogens is 4. The number of nitrogens with zero attached hydrogens (tertiary/aromatic N) is 4. The minimum atomic E-state index is 0.800. The van der Waals surface area contributed by atoms with Gasteiger partial charge in [0.25, 0.3) is 0 Å². The van der Waals surface area contributed by atoms with E-state index < -0.39 is 0 Å². The van der Waals surface area contributed by atoms with Crippen molar-refractivity contribution in [1.82, 2.24) is 24.8 Å². The van der Waals surface area contributed by atoms with Gasteiger partial charge in [0, 0.05) is 23.1 Å². The fourth-order valence-corrected chi connectivity index (χ4v) is 5.73. The van der Waals surface area contributed by atoms with Crippen LogP contribution < -0.4 is 5.32 Å². The van der Waals surface area contributed by atoms with Crippen LogP contribution in [-0.4, -0.2) is 19.5 Å². The van der Waals surface area contributed by atoms with E-state index in [0.717, 1.165) is 57.6 Å². The lowest BCUT2D eigenvalue weighted by atomic mass is 10.0. The molecule has 0 amide bonds. The molecular weight excluding hydrogens is 502 g/mol. The first kappa shape index (κ1) is 23.3. The zero-order valence-corrected chi connectivity index (χ0v) is 22.2. The number of nitrogens with one attached hydrogen (secondary N) is 1. The maximum atomic E-state index is 5.10. The van der Waals surface area contributed by atoms with Crippen LogP contribution in [0.3, 0.4) is 0 Å². The van der Waals surface area contributed by atoms with Crippen molar-refractivity contribution >= 4 is 27.8 Å². The molecule has 0 aliphatic carbocycles. The van der Waals surface area contributed by atoms with Crippen molar-refractivity contribution in [1.29, 1.82) is 0 Å². The minimum Gasteiger partial charge on any atom is -0.387 e. The second-order valence-corrected chi connectivity index (χ2v) is 10.2. The topological polar surface area (TPSA) is 55.6 Å². The van der Waals surface area contributed by atoms with E-state index in [4.69, 9.17) is 15.0 Å². The molecule has 4 aromatic heterocycles. The fourth-order valence-electron chi connectivity index (χ4n) is 5.73. The summed E-state index contributed by atoms with van der Waals surface area (Å²) in [5.41, 5.74) is 8.87. The quantitative estimate of drug-likeness (QED) is 0.252. The molecule has 5 heteroatoms. The van der Waals surface area contributed by atoms with Crippen LogP contribution in [0.4, 0.5) is 0 Å². The molecule has 0 saturated heterocycles. The van der Waals surface area contributed by atoms with E-state index in [1.54, 1.807) is 0 Å². The monoisotopic (exact) mass is 527 g/mol. The first-order chi connectivity index (χ1) is 20.3. The molecule has 0 saturated carbocycles. The Morgan fingerprint density at radius 3 is 2.05 bits per heavy atom. The Morgan fingerprint density at radius 1 is 0.561 bits per heavy atom. The molecule has 41 heavy (non-hydrogen) atoms. The summed E-state index contributed by atoms with van der Waals surface area (Å²) in [5, 5.41) is 7.01. The lowest BCUT2D eigenvalue weighted by Crippen LogP contribution is -2.11. The van der Waals surface area contributed by atoms with E-state index in [0.29, 0.717) is 0 Å². The molecule has 0 atom stereocenters. The molecule has 0 spiro atoms. The molecule has 1 aliphatic heterocycles. The van der Waals surface area contributed by atoms with Crippen LogP contribution >= 0.6 is 0 Å². The van der Waals surface area contributed by atoms with Crippen LogP contribution in [0, 0.1) is 0 Å². The molecule has 1 N–H and O–H groups in total. The molecule has 0 fully saturated rings. The Morgan fingerprint density at radius 2 is 1.22 bits per heavy atom. The largest absolute Gasteiger partial charge is 0.387 e. The van der Waals surface area contributed by atoms with Gasteiger partial charge in [-0.2, -0.15) is 0 Å². The minimum absolute atomic E-state index is 0.800. The van der Waals surface area contributed by atoms with Gasteiger partial charge in [-0.15, -0.1) is 0 Å². The van der Waals surface area contributed by atoms with E-state index in [1.807, 2.05) is 42.6 Å². The van der Waals surface area contributed by atoms with Crippen LogP contribution in [-0.2, 0) is 6.54 Å². The van der Waals surface area contributed by atoms with Crippen LogP contribution in [0.1, 0.15) is 11.3 Å². The summed E-state index contributed by atoms with van der Waals surface area (Å²) in [4.78, 5) is 15.1. The smallest absolute Gasteiger partial charge is 0.138 e. The SMILES string of the molecule is C1=Cc2c(c3ccccc3n2-c2cccc(-c3cccc(-c4cccc(-c5ccc6ccccc6c5)n4)n3)n2)CN1. The van der Waals surface area contributed by atoms with Gasteiger partial charge in [-0.05, 0) is 71.6 Å². The fraction of sp³-hybridized carbons (Fsp3) is 0.0278. The van der Waals surface area contributed by atoms with Gasteiger partial charge < -0.3 is 5.32 Å². The van der Waals surface area contributed by atoms with Gasteiger partial charge in [0.1, 0.15) is 5.82 Å². The molecular formula is C36H25N5. The summed E-state index contributed by atoms with van der Waals surface area (Å²) in [6, 6.07) is 41.6. The molecule has 194 valence electrons. The number of hydrogen-bond acceptors (Lipinski definition) is 4. The van der Waals surface area contributed by atoms with Gasteiger partial charge in [-0.1, -0.05) is 72.8 Å².